The monoisotopic (exact) mass is 244 g/mol. The van der Waals surface area contributed by atoms with E-state index in [4.69, 9.17) is 15.3 Å². The molecule has 86 valence electrons. The Bertz CT molecular complexity index is 376. The lowest BCUT2D eigenvalue weighted by atomic mass is 10.5. The van der Waals surface area contributed by atoms with Crippen LogP contribution in [0.1, 0.15) is 9.67 Å². The van der Waals surface area contributed by atoms with Gasteiger partial charge in [0.05, 0.1) is 0 Å². The summed E-state index contributed by atoms with van der Waals surface area (Å²) < 4.78 is 0. The highest BCUT2D eigenvalue weighted by atomic mass is 32.1. The minimum Gasteiger partial charge on any atom is -0.478 e. The molecule has 0 bridgehead atoms. The standard InChI is InChI=1S/C5H4O2S.C4H4O4/c6-5(7)4-2-1-3-8-4;5-3(6)1-2-4(7)8/h1-3H,(H,6,7);1-2H,(H,5,6)(H,7,8)/b;2-1+. The highest BCUT2D eigenvalue weighted by Crippen LogP contribution is 2.06. The fourth-order valence-corrected chi connectivity index (χ4v) is 1.10. The molecule has 0 unspecified atom stereocenters. The van der Waals surface area contributed by atoms with Crippen molar-refractivity contribution >= 4 is 29.2 Å². The van der Waals surface area contributed by atoms with Crippen LogP contribution in [0.2, 0.25) is 0 Å². The number of aliphatic carboxylic acids is 2. The molecule has 1 heterocycles. The first-order valence-corrected chi connectivity index (χ1v) is 4.72. The average molecular weight is 244 g/mol. The second kappa shape index (κ2) is 7.18. The van der Waals surface area contributed by atoms with Crippen LogP contribution in [0.5, 0.6) is 0 Å². The molecule has 0 radical (unpaired) electrons. The second-order valence-electron chi connectivity index (χ2n) is 2.29. The van der Waals surface area contributed by atoms with Crippen LogP contribution in [0.4, 0.5) is 0 Å². The van der Waals surface area contributed by atoms with E-state index in [2.05, 4.69) is 0 Å². The van der Waals surface area contributed by atoms with E-state index in [0.29, 0.717) is 17.0 Å². The Balaban J connectivity index is 0.000000281. The lowest BCUT2D eigenvalue weighted by Crippen LogP contribution is -1.91. The molecule has 3 N–H and O–H groups in total. The number of hydrogen-bond donors (Lipinski definition) is 3. The van der Waals surface area contributed by atoms with Gasteiger partial charge in [0.2, 0.25) is 0 Å². The van der Waals surface area contributed by atoms with Crippen molar-refractivity contribution in [3.05, 3.63) is 34.5 Å². The van der Waals surface area contributed by atoms with Crippen molar-refractivity contribution in [1.29, 1.82) is 0 Å². The largest absolute Gasteiger partial charge is 0.478 e. The Kier molecular flexibility index (Phi) is 6.22. The number of rotatable bonds is 3. The molecule has 0 spiro atoms. The maximum absolute atomic E-state index is 10.1. The lowest BCUT2D eigenvalue weighted by molar-refractivity contribution is -0.134. The van der Waals surface area contributed by atoms with Gasteiger partial charge in [0.25, 0.3) is 0 Å². The molecular formula is C9H8O6S. The van der Waals surface area contributed by atoms with Gasteiger partial charge in [-0.1, -0.05) is 6.07 Å². The van der Waals surface area contributed by atoms with Crippen LogP contribution < -0.4 is 0 Å². The van der Waals surface area contributed by atoms with Gasteiger partial charge in [-0.05, 0) is 11.4 Å². The van der Waals surface area contributed by atoms with Gasteiger partial charge in [-0.2, -0.15) is 0 Å². The van der Waals surface area contributed by atoms with Crippen LogP contribution in [0.15, 0.2) is 29.7 Å². The second-order valence-corrected chi connectivity index (χ2v) is 3.24. The molecule has 0 saturated heterocycles. The molecule has 6 nitrogen and oxygen atoms in total. The van der Waals surface area contributed by atoms with Crippen molar-refractivity contribution < 1.29 is 29.7 Å². The fraction of sp³-hybridized carbons (Fsp3) is 0. The van der Waals surface area contributed by atoms with E-state index in [9.17, 15) is 14.4 Å². The van der Waals surface area contributed by atoms with Gasteiger partial charge < -0.3 is 15.3 Å². The zero-order chi connectivity index (χ0) is 12.6. The van der Waals surface area contributed by atoms with Crippen molar-refractivity contribution in [2.75, 3.05) is 0 Å². The molecule has 1 aromatic heterocycles. The third-order valence-electron chi connectivity index (χ3n) is 1.10. The molecule has 0 aliphatic carbocycles. The van der Waals surface area contributed by atoms with Crippen LogP contribution in [-0.2, 0) is 9.59 Å². The first-order valence-electron chi connectivity index (χ1n) is 3.84. The highest BCUT2D eigenvalue weighted by molar-refractivity contribution is 7.11. The first kappa shape index (κ1) is 13.8. The Morgan fingerprint density at radius 3 is 1.75 bits per heavy atom. The number of thiophene rings is 1. The fourth-order valence-electron chi connectivity index (χ4n) is 0.543. The minimum absolute atomic E-state index is 0.394. The van der Waals surface area contributed by atoms with Crippen LogP contribution in [0.3, 0.4) is 0 Å². The summed E-state index contributed by atoms with van der Waals surface area (Å²) in [5.74, 6) is -3.36. The highest BCUT2D eigenvalue weighted by Gasteiger charge is 1.99. The number of aromatic carboxylic acids is 1. The van der Waals surface area contributed by atoms with Gasteiger partial charge in [0.1, 0.15) is 4.88 Å². The zero-order valence-corrected chi connectivity index (χ0v) is 8.68. The molecule has 1 aromatic rings. The number of carboxylic acid groups (broad SMARTS) is 3. The molecule has 0 fully saturated rings. The summed E-state index contributed by atoms with van der Waals surface area (Å²) in [6, 6.07) is 3.29. The normalized spacial score (nSPS) is 9.25. The first-order chi connectivity index (χ1) is 7.43. The van der Waals surface area contributed by atoms with Crippen LogP contribution in [0.25, 0.3) is 0 Å². The summed E-state index contributed by atoms with van der Waals surface area (Å²) in [6.45, 7) is 0. The van der Waals surface area contributed by atoms with Crippen molar-refractivity contribution in [2.45, 2.75) is 0 Å². The number of carbonyl (C=O) groups is 3. The van der Waals surface area contributed by atoms with Crippen LogP contribution in [-0.4, -0.2) is 33.2 Å². The van der Waals surface area contributed by atoms with Crippen LogP contribution >= 0.6 is 11.3 Å². The van der Waals surface area contributed by atoms with Gasteiger partial charge in [0.15, 0.2) is 0 Å². The molecule has 0 saturated carbocycles. The molecule has 0 aliphatic rings. The van der Waals surface area contributed by atoms with Gasteiger partial charge in [0, 0.05) is 12.2 Å². The Labute approximate surface area is 94.1 Å². The Morgan fingerprint density at radius 2 is 1.56 bits per heavy atom. The molecule has 0 aromatic carbocycles. The van der Waals surface area contributed by atoms with E-state index < -0.39 is 17.9 Å². The van der Waals surface area contributed by atoms with Crippen molar-refractivity contribution in [3.8, 4) is 0 Å². The van der Waals surface area contributed by atoms with E-state index in [-0.39, 0.29) is 0 Å². The Morgan fingerprint density at radius 1 is 1.06 bits per heavy atom. The maximum Gasteiger partial charge on any atom is 0.345 e. The summed E-state index contributed by atoms with van der Waals surface area (Å²) in [6.07, 6.45) is 1.12. The summed E-state index contributed by atoms with van der Waals surface area (Å²) >= 11 is 1.23. The Hall–Kier alpha value is -2.15. The average Bonchev–Trinajstić information content (AvgIpc) is 2.68. The molecule has 16 heavy (non-hydrogen) atoms. The number of hydrogen-bond acceptors (Lipinski definition) is 4. The molecule has 1 rings (SSSR count). The quantitative estimate of drug-likeness (QED) is 0.688. The zero-order valence-electron chi connectivity index (χ0n) is 7.86. The van der Waals surface area contributed by atoms with E-state index in [0.717, 1.165) is 0 Å². The van der Waals surface area contributed by atoms with E-state index >= 15 is 0 Å². The predicted octanol–water partition coefficient (Wildman–Crippen LogP) is 1.16. The SMILES string of the molecule is O=C(O)/C=C/C(=O)O.O=C(O)c1cccs1. The smallest absolute Gasteiger partial charge is 0.345 e. The molecule has 0 atom stereocenters. The van der Waals surface area contributed by atoms with Crippen molar-refractivity contribution in [2.24, 2.45) is 0 Å². The molecular weight excluding hydrogens is 236 g/mol. The summed E-state index contributed by atoms with van der Waals surface area (Å²) in [4.78, 5) is 29.6. The van der Waals surface area contributed by atoms with Crippen molar-refractivity contribution in [1.82, 2.24) is 0 Å². The van der Waals surface area contributed by atoms with Gasteiger partial charge in [-0.3, -0.25) is 0 Å². The topological polar surface area (TPSA) is 112 Å². The van der Waals surface area contributed by atoms with E-state index in [1.165, 1.54) is 11.3 Å². The number of carboxylic acids is 3. The summed E-state index contributed by atoms with van der Waals surface area (Å²) in [5.41, 5.74) is 0. The minimum atomic E-state index is -1.26. The molecule has 0 aliphatic heterocycles. The predicted molar refractivity (Wildman–Crippen MR) is 55.7 cm³/mol. The summed E-state index contributed by atoms with van der Waals surface area (Å²) in [7, 11) is 0. The maximum atomic E-state index is 10.1. The van der Waals surface area contributed by atoms with Gasteiger partial charge in [-0.15, -0.1) is 11.3 Å². The van der Waals surface area contributed by atoms with E-state index in [1.54, 1.807) is 17.5 Å². The van der Waals surface area contributed by atoms with Crippen molar-refractivity contribution in [3.63, 3.8) is 0 Å². The third-order valence-corrected chi connectivity index (χ3v) is 1.96. The van der Waals surface area contributed by atoms with Crippen LogP contribution in [0, 0.1) is 0 Å². The molecule has 7 heteroatoms. The van der Waals surface area contributed by atoms with E-state index in [1.807, 2.05) is 0 Å². The van der Waals surface area contributed by atoms with Gasteiger partial charge in [-0.25, -0.2) is 14.4 Å². The molecule has 0 amide bonds. The lowest BCUT2D eigenvalue weighted by Gasteiger charge is -1.78. The third kappa shape index (κ3) is 7.27. The summed E-state index contributed by atoms with van der Waals surface area (Å²) in [5, 5.41) is 25.6. The van der Waals surface area contributed by atoms with Gasteiger partial charge >= 0.3 is 17.9 Å².